The largest absolute Gasteiger partial charge is 0.396 e. The van der Waals surface area contributed by atoms with E-state index in [-0.39, 0.29) is 18.6 Å². The monoisotopic (exact) mass is 222 g/mol. The number of pyridine rings is 1. The third-order valence-corrected chi connectivity index (χ3v) is 3.05. The first-order valence-electron chi connectivity index (χ1n) is 5.75. The average Bonchev–Trinajstić information content (AvgIpc) is 2.25. The average molecular weight is 222 g/mol. The highest BCUT2D eigenvalue weighted by molar-refractivity contribution is 5.15. The maximum absolute atomic E-state index is 9.53. The van der Waals surface area contributed by atoms with Crippen LogP contribution in [0.4, 0.5) is 0 Å². The molecule has 3 heteroatoms. The SMILES string of the molecule is CC(C)C(CO)C(c1cccnc1)N(C)C. The van der Waals surface area contributed by atoms with Crippen LogP contribution in [0.2, 0.25) is 0 Å². The molecule has 2 unspecified atom stereocenters. The molecule has 1 heterocycles. The molecule has 0 aromatic carbocycles. The van der Waals surface area contributed by atoms with E-state index in [9.17, 15) is 5.11 Å². The summed E-state index contributed by atoms with van der Waals surface area (Å²) in [5.41, 5.74) is 1.17. The van der Waals surface area contributed by atoms with Gasteiger partial charge in [-0.25, -0.2) is 0 Å². The molecule has 90 valence electrons. The Labute approximate surface area is 98.1 Å². The first-order valence-corrected chi connectivity index (χ1v) is 5.75. The quantitative estimate of drug-likeness (QED) is 0.827. The van der Waals surface area contributed by atoms with Crippen molar-refractivity contribution in [2.45, 2.75) is 19.9 Å². The molecular weight excluding hydrogens is 200 g/mol. The van der Waals surface area contributed by atoms with E-state index in [2.05, 4.69) is 29.8 Å². The van der Waals surface area contributed by atoms with Gasteiger partial charge >= 0.3 is 0 Å². The van der Waals surface area contributed by atoms with E-state index < -0.39 is 0 Å². The van der Waals surface area contributed by atoms with Gasteiger partial charge in [-0.15, -0.1) is 0 Å². The minimum absolute atomic E-state index is 0.204. The number of hydrogen-bond donors (Lipinski definition) is 1. The summed E-state index contributed by atoms with van der Waals surface area (Å²) in [6.45, 7) is 4.50. The topological polar surface area (TPSA) is 36.4 Å². The Bertz CT molecular complexity index is 298. The van der Waals surface area contributed by atoms with Crippen molar-refractivity contribution in [3.63, 3.8) is 0 Å². The molecule has 0 saturated heterocycles. The van der Waals surface area contributed by atoms with Crippen molar-refractivity contribution in [2.75, 3.05) is 20.7 Å². The van der Waals surface area contributed by atoms with Gasteiger partial charge in [0.15, 0.2) is 0 Å². The number of rotatable bonds is 5. The number of aliphatic hydroxyl groups is 1. The van der Waals surface area contributed by atoms with Gasteiger partial charge in [-0.3, -0.25) is 4.98 Å². The van der Waals surface area contributed by atoms with Crippen molar-refractivity contribution in [2.24, 2.45) is 11.8 Å². The van der Waals surface area contributed by atoms with Gasteiger partial charge < -0.3 is 10.0 Å². The van der Waals surface area contributed by atoms with Gasteiger partial charge in [-0.05, 0) is 31.6 Å². The molecule has 2 atom stereocenters. The molecule has 0 bridgehead atoms. The van der Waals surface area contributed by atoms with E-state index in [1.54, 1.807) is 6.20 Å². The van der Waals surface area contributed by atoms with Crippen LogP contribution < -0.4 is 0 Å². The van der Waals surface area contributed by atoms with E-state index in [1.807, 2.05) is 26.4 Å². The van der Waals surface area contributed by atoms with E-state index in [4.69, 9.17) is 0 Å². The molecule has 16 heavy (non-hydrogen) atoms. The van der Waals surface area contributed by atoms with Crippen LogP contribution in [0.1, 0.15) is 25.5 Å². The Balaban J connectivity index is 2.99. The first-order chi connectivity index (χ1) is 7.57. The second-order valence-electron chi connectivity index (χ2n) is 4.79. The van der Waals surface area contributed by atoms with E-state index in [1.165, 1.54) is 5.56 Å². The van der Waals surface area contributed by atoms with Crippen LogP contribution in [-0.4, -0.2) is 35.7 Å². The molecule has 0 saturated carbocycles. The fourth-order valence-corrected chi connectivity index (χ4v) is 2.15. The Morgan fingerprint density at radius 3 is 2.44 bits per heavy atom. The Kier molecular flexibility index (Phi) is 4.90. The van der Waals surface area contributed by atoms with Crippen molar-refractivity contribution in [1.82, 2.24) is 9.88 Å². The highest BCUT2D eigenvalue weighted by Crippen LogP contribution is 2.31. The molecule has 0 amide bonds. The van der Waals surface area contributed by atoms with Crippen molar-refractivity contribution >= 4 is 0 Å². The number of nitrogens with zero attached hydrogens (tertiary/aromatic N) is 2. The Morgan fingerprint density at radius 1 is 1.38 bits per heavy atom. The van der Waals surface area contributed by atoms with Gasteiger partial charge in [-0.1, -0.05) is 19.9 Å². The molecule has 0 fully saturated rings. The van der Waals surface area contributed by atoms with E-state index in [0.29, 0.717) is 5.92 Å². The van der Waals surface area contributed by atoms with Gasteiger partial charge in [0.1, 0.15) is 0 Å². The lowest BCUT2D eigenvalue weighted by molar-refractivity contribution is 0.0999. The predicted octanol–water partition coefficient (Wildman–Crippen LogP) is 1.95. The van der Waals surface area contributed by atoms with Crippen molar-refractivity contribution < 1.29 is 5.11 Å². The highest BCUT2D eigenvalue weighted by atomic mass is 16.3. The summed E-state index contributed by atoms with van der Waals surface area (Å²) in [6.07, 6.45) is 3.66. The fourth-order valence-electron chi connectivity index (χ4n) is 2.15. The second-order valence-corrected chi connectivity index (χ2v) is 4.79. The molecule has 0 aliphatic carbocycles. The minimum Gasteiger partial charge on any atom is -0.396 e. The zero-order valence-corrected chi connectivity index (χ0v) is 10.6. The standard InChI is InChI=1S/C13H22N2O/c1-10(2)12(9-16)13(15(3)4)11-6-5-7-14-8-11/h5-8,10,12-13,16H,9H2,1-4H3. The molecular formula is C13H22N2O. The number of aliphatic hydroxyl groups excluding tert-OH is 1. The van der Waals surface area contributed by atoms with Gasteiger partial charge in [0.2, 0.25) is 0 Å². The molecule has 1 N–H and O–H groups in total. The summed E-state index contributed by atoms with van der Waals surface area (Å²) in [7, 11) is 4.09. The molecule has 0 aliphatic rings. The molecule has 0 radical (unpaired) electrons. The van der Waals surface area contributed by atoms with E-state index >= 15 is 0 Å². The zero-order valence-electron chi connectivity index (χ0n) is 10.6. The summed E-state index contributed by atoms with van der Waals surface area (Å²) in [5, 5.41) is 9.53. The van der Waals surface area contributed by atoms with Crippen LogP contribution in [-0.2, 0) is 0 Å². The fraction of sp³-hybridized carbons (Fsp3) is 0.615. The summed E-state index contributed by atoms with van der Waals surface area (Å²) in [6, 6.07) is 4.24. The maximum Gasteiger partial charge on any atom is 0.0480 e. The van der Waals surface area contributed by atoms with Gasteiger partial charge in [0, 0.05) is 31.0 Å². The highest BCUT2D eigenvalue weighted by Gasteiger charge is 2.27. The first kappa shape index (κ1) is 13.1. The van der Waals surface area contributed by atoms with Gasteiger partial charge in [0.25, 0.3) is 0 Å². The third-order valence-electron chi connectivity index (χ3n) is 3.05. The van der Waals surface area contributed by atoms with Crippen LogP contribution in [0.15, 0.2) is 24.5 Å². The Morgan fingerprint density at radius 2 is 2.06 bits per heavy atom. The lowest BCUT2D eigenvalue weighted by Crippen LogP contribution is -2.32. The Hall–Kier alpha value is -0.930. The third kappa shape index (κ3) is 3.03. The molecule has 1 aromatic heterocycles. The van der Waals surface area contributed by atoms with Crippen LogP contribution >= 0.6 is 0 Å². The predicted molar refractivity (Wildman–Crippen MR) is 66.1 cm³/mol. The smallest absolute Gasteiger partial charge is 0.0480 e. The van der Waals surface area contributed by atoms with Crippen molar-refractivity contribution in [3.8, 4) is 0 Å². The van der Waals surface area contributed by atoms with Gasteiger partial charge in [-0.2, -0.15) is 0 Å². The molecule has 0 aliphatic heterocycles. The lowest BCUT2D eigenvalue weighted by atomic mass is 9.85. The molecule has 0 spiro atoms. The van der Waals surface area contributed by atoms with Crippen LogP contribution in [0.5, 0.6) is 0 Å². The second kappa shape index (κ2) is 5.97. The molecule has 1 aromatic rings. The maximum atomic E-state index is 9.53. The minimum atomic E-state index is 0.204. The van der Waals surface area contributed by atoms with Crippen molar-refractivity contribution in [1.29, 1.82) is 0 Å². The molecule has 1 rings (SSSR count). The van der Waals surface area contributed by atoms with Crippen LogP contribution in [0, 0.1) is 11.8 Å². The summed E-state index contributed by atoms with van der Waals surface area (Å²) in [5.74, 6) is 0.678. The van der Waals surface area contributed by atoms with Crippen LogP contribution in [0.3, 0.4) is 0 Å². The zero-order chi connectivity index (χ0) is 12.1. The van der Waals surface area contributed by atoms with E-state index in [0.717, 1.165) is 0 Å². The normalized spacial score (nSPS) is 15.4. The number of hydrogen-bond acceptors (Lipinski definition) is 3. The lowest BCUT2D eigenvalue weighted by Gasteiger charge is -2.33. The number of aromatic nitrogens is 1. The van der Waals surface area contributed by atoms with Crippen molar-refractivity contribution in [3.05, 3.63) is 30.1 Å². The summed E-state index contributed by atoms with van der Waals surface area (Å²) >= 11 is 0. The summed E-state index contributed by atoms with van der Waals surface area (Å²) in [4.78, 5) is 6.31. The summed E-state index contributed by atoms with van der Waals surface area (Å²) < 4.78 is 0. The van der Waals surface area contributed by atoms with Gasteiger partial charge in [0.05, 0.1) is 0 Å². The molecule has 3 nitrogen and oxygen atoms in total. The van der Waals surface area contributed by atoms with Crippen LogP contribution in [0.25, 0.3) is 0 Å².